The molecule has 1 fully saturated rings. The molecule has 0 aromatic rings. The number of alkyl halides is 1. The zero-order chi connectivity index (χ0) is 18.0. The van der Waals surface area contributed by atoms with Gasteiger partial charge in [-0.05, 0) is 17.7 Å². The molecule has 0 radical (unpaired) electrons. The van der Waals surface area contributed by atoms with Crippen molar-refractivity contribution in [2.45, 2.75) is 5.50 Å². The molecule has 0 bridgehead atoms. The van der Waals surface area contributed by atoms with Crippen LogP contribution in [0, 0.1) is 5.92 Å². The first-order valence-electron chi connectivity index (χ1n) is 8.02. The highest BCUT2D eigenvalue weighted by molar-refractivity contribution is 6.23. The molecule has 3 rings (SSSR count). The van der Waals surface area contributed by atoms with Crippen molar-refractivity contribution in [1.29, 1.82) is 0 Å². The molecule has 0 N–H and O–H groups in total. The Morgan fingerprint density at radius 3 is 2.80 bits per heavy atom. The number of aliphatic imine (C=N–C) groups is 1. The fourth-order valence-electron chi connectivity index (χ4n) is 3.02. The maximum Gasteiger partial charge on any atom is 0.339 e. The summed E-state index contributed by atoms with van der Waals surface area (Å²) in [7, 11) is 3.12. The molecule has 0 aromatic carbocycles. The number of carbonyl (C=O) groups is 2. The van der Waals surface area contributed by atoms with Crippen molar-refractivity contribution < 1.29 is 19.1 Å². The Balaban J connectivity index is 1.90. The summed E-state index contributed by atoms with van der Waals surface area (Å²) in [6, 6.07) is 0. The predicted molar refractivity (Wildman–Crippen MR) is 93.1 cm³/mol. The molecule has 2 unspecified atom stereocenters. The van der Waals surface area contributed by atoms with Crippen molar-refractivity contribution in [2.75, 3.05) is 40.5 Å². The number of halogens is 1. The molecule has 1 saturated heterocycles. The van der Waals surface area contributed by atoms with E-state index in [-0.39, 0.29) is 11.8 Å². The summed E-state index contributed by atoms with van der Waals surface area (Å²) in [6.07, 6.45) is 6.78. The lowest BCUT2D eigenvalue weighted by molar-refractivity contribution is -0.135. The fraction of sp³-hybridized carbons (Fsp3) is 0.471. The van der Waals surface area contributed by atoms with Crippen molar-refractivity contribution in [3.05, 3.63) is 35.2 Å². The van der Waals surface area contributed by atoms with Crippen LogP contribution in [0.15, 0.2) is 40.2 Å². The van der Waals surface area contributed by atoms with Gasteiger partial charge in [0.15, 0.2) is 0 Å². The van der Waals surface area contributed by atoms with Crippen LogP contribution >= 0.6 is 11.6 Å². The number of ether oxygens (including phenoxy) is 2. The molecule has 25 heavy (non-hydrogen) atoms. The number of allylic oxidation sites excluding steroid dienone is 1. The maximum atomic E-state index is 12.2. The molecule has 3 heterocycles. The second kappa shape index (κ2) is 7.41. The van der Waals surface area contributed by atoms with Crippen LogP contribution in [0.4, 0.5) is 0 Å². The van der Waals surface area contributed by atoms with Gasteiger partial charge < -0.3 is 19.3 Å². The highest BCUT2D eigenvalue weighted by atomic mass is 35.5. The summed E-state index contributed by atoms with van der Waals surface area (Å²) in [5.41, 5.74) is 1.29. The van der Waals surface area contributed by atoms with Gasteiger partial charge in [0.1, 0.15) is 11.2 Å². The average molecular weight is 366 g/mol. The Morgan fingerprint density at radius 1 is 1.40 bits per heavy atom. The van der Waals surface area contributed by atoms with Crippen molar-refractivity contribution in [3.8, 4) is 0 Å². The number of amides is 1. The Kier molecular flexibility index (Phi) is 5.24. The van der Waals surface area contributed by atoms with Crippen LogP contribution in [0.5, 0.6) is 0 Å². The Bertz CT molecular complexity index is 692. The molecular weight excluding hydrogens is 346 g/mol. The smallest absolute Gasteiger partial charge is 0.339 e. The molecule has 1 amide bonds. The Morgan fingerprint density at radius 2 is 2.12 bits per heavy atom. The SMILES string of the molecule is COC(=O)C1=CN(C)C(Cl)C(C2C=NC(=O)C(N3CCOCC3)=C2)=C1. The summed E-state index contributed by atoms with van der Waals surface area (Å²) in [6.45, 7) is 2.46. The van der Waals surface area contributed by atoms with Crippen LogP contribution in [0.1, 0.15) is 0 Å². The summed E-state index contributed by atoms with van der Waals surface area (Å²) >= 11 is 6.50. The number of nitrogens with zero attached hydrogens (tertiary/aromatic N) is 3. The third kappa shape index (κ3) is 3.62. The van der Waals surface area contributed by atoms with Crippen LogP contribution in [0.3, 0.4) is 0 Å². The number of likely N-dealkylation sites (N-methyl/N-ethyl adjacent to an activating group) is 1. The van der Waals surface area contributed by atoms with E-state index in [0.29, 0.717) is 37.6 Å². The molecule has 7 nitrogen and oxygen atoms in total. The minimum atomic E-state index is -0.444. The number of carbonyl (C=O) groups excluding carboxylic acids is 2. The van der Waals surface area contributed by atoms with Gasteiger partial charge in [0.05, 0.1) is 25.9 Å². The maximum absolute atomic E-state index is 12.2. The normalized spacial score (nSPS) is 26.8. The minimum Gasteiger partial charge on any atom is -0.465 e. The fourth-order valence-corrected chi connectivity index (χ4v) is 3.28. The van der Waals surface area contributed by atoms with Crippen molar-refractivity contribution in [2.24, 2.45) is 10.9 Å². The highest BCUT2D eigenvalue weighted by Gasteiger charge is 2.31. The number of dihydropyridines is 1. The molecule has 8 heteroatoms. The van der Waals surface area contributed by atoms with E-state index >= 15 is 0 Å². The first-order chi connectivity index (χ1) is 12.0. The number of methoxy groups -OCH3 is 1. The predicted octanol–water partition coefficient (Wildman–Crippen LogP) is 0.923. The first kappa shape index (κ1) is 17.7. The summed E-state index contributed by atoms with van der Waals surface area (Å²) in [5, 5.41) is 0. The Hall–Kier alpha value is -2.12. The average Bonchev–Trinajstić information content (AvgIpc) is 2.64. The zero-order valence-electron chi connectivity index (χ0n) is 14.1. The van der Waals surface area contributed by atoms with E-state index in [9.17, 15) is 9.59 Å². The topological polar surface area (TPSA) is 71.4 Å². The van der Waals surface area contributed by atoms with Crippen LogP contribution in [0.25, 0.3) is 0 Å². The van der Waals surface area contributed by atoms with Crippen LogP contribution < -0.4 is 0 Å². The first-order valence-corrected chi connectivity index (χ1v) is 8.45. The van der Waals surface area contributed by atoms with Gasteiger partial charge in [-0.2, -0.15) is 0 Å². The van der Waals surface area contributed by atoms with E-state index < -0.39 is 11.5 Å². The molecule has 0 aromatic heterocycles. The third-order valence-corrected chi connectivity index (χ3v) is 4.92. The number of hydrogen-bond acceptors (Lipinski definition) is 6. The van der Waals surface area contributed by atoms with Gasteiger partial charge in [0.2, 0.25) is 0 Å². The molecule has 3 aliphatic heterocycles. The lowest BCUT2D eigenvalue weighted by Crippen LogP contribution is -2.39. The second-order valence-electron chi connectivity index (χ2n) is 5.98. The van der Waals surface area contributed by atoms with E-state index in [0.717, 1.165) is 5.57 Å². The summed E-state index contributed by atoms with van der Waals surface area (Å²) < 4.78 is 10.1. The second-order valence-corrected chi connectivity index (χ2v) is 6.40. The van der Waals surface area contributed by atoms with Crippen LogP contribution in [0.2, 0.25) is 0 Å². The van der Waals surface area contributed by atoms with Gasteiger partial charge in [0.25, 0.3) is 5.91 Å². The van der Waals surface area contributed by atoms with Gasteiger partial charge >= 0.3 is 5.97 Å². The van der Waals surface area contributed by atoms with Gasteiger partial charge in [-0.15, -0.1) is 0 Å². The van der Waals surface area contributed by atoms with Gasteiger partial charge in [-0.25, -0.2) is 9.79 Å². The van der Waals surface area contributed by atoms with Crippen molar-refractivity contribution in [3.63, 3.8) is 0 Å². The lowest BCUT2D eigenvalue weighted by atomic mass is 9.92. The number of hydrogen-bond donors (Lipinski definition) is 0. The lowest BCUT2D eigenvalue weighted by Gasteiger charge is -2.34. The van der Waals surface area contributed by atoms with Gasteiger partial charge in [-0.3, -0.25) is 4.79 Å². The van der Waals surface area contributed by atoms with E-state index in [1.165, 1.54) is 7.11 Å². The molecule has 134 valence electrons. The van der Waals surface area contributed by atoms with E-state index in [4.69, 9.17) is 21.1 Å². The largest absolute Gasteiger partial charge is 0.465 e. The molecule has 2 atom stereocenters. The standard InChI is InChI=1S/C17H20ClN3O4/c1-20-10-12(17(23)24-2)7-13(15(20)18)11-8-14(16(22)19-9-11)21-3-5-25-6-4-21/h7-11,15H,3-6H2,1-2H3. The molecule has 0 spiro atoms. The molecule has 0 saturated carbocycles. The molecule has 3 aliphatic rings. The molecule has 0 aliphatic carbocycles. The monoisotopic (exact) mass is 365 g/mol. The zero-order valence-corrected chi connectivity index (χ0v) is 14.9. The highest BCUT2D eigenvalue weighted by Crippen LogP contribution is 2.31. The number of esters is 1. The van der Waals surface area contributed by atoms with E-state index in [1.54, 1.807) is 30.4 Å². The van der Waals surface area contributed by atoms with Gasteiger partial charge in [-0.1, -0.05) is 11.6 Å². The summed E-state index contributed by atoms with van der Waals surface area (Å²) in [4.78, 5) is 31.8. The number of rotatable bonds is 3. The van der Waals surface area contributed by atoms with Crippen LogP contribution in [-0.2, 0) is 19.1 Å². The minimum absolute atomic E-state index is 0.266. The third-order valence-electron chi connectivity index (χ3n) is 4.36. The van der Waals surface area contributed by atoms with Crippen LogP contribution in [-0.4, -0.2) is 73.9 Å². The Labute approximate surface area is 151 Å². The van der Waals surface area contributed by atoms with Crippen molar-refractivity contribution in [1.82, 2.24) is 9.80 Å². The summed E-state index contributed by atoms with van der Waals surface area (Å²) in [5.74, 6) is -0.972. The quantitative estimate of drug-likeness (QED) is 0.421. The van der Waals surface area contributed by atoms with Gasteiger partial charge in [0, 0.05) is 38.5 Å². The van der Waals surface area contributed by atoms with E-state index in [2.05, 4.69) is 4.99 Å². The molecular formula is C17H20ClN3O4. The number of morpholine rings is 1. The van der Waals surface area contributed by atoms with E-state index in [1.807, 2.05) is 11.0 Å². The van der Waals surface area contributed by atoms with Crippen molar-refractivity contribution >= 4 is 29.7 Å².